The number of hydrogen-bond donors (Lipinski definition) is 1. The maximum Gasteiger partial charge on any atom is 0.216 e. The summed E-state index contributed by atoms with van der Waals surface area (Å²) in [5, 5.41) is 3.64. The van der Waals surface area contributed by atoms with Crippen LogP contribution in [0.5, 0.6) is 0 Å². The normalized spacial score (nSPS) is 29.6. The lowest BCUT2D eigenvalue weighted by Crippen LogP contribution is -2.42. The first-order valence-electron chi connectivity index (χ1n) is 8.92. The van der Waals surface area contributed by atoms with E-state index in [0.29, 0.717) is 17.9 Å². The van der Waals surface area contributed by atoms with Gasteiger partial charge in [-0.15, -0.1) is 0 Å². The molecule has 4 nitrogen and oxygen atoms in total. The molecule has 126 valence electrons. The van der Waals surface area contributed by atoms with E-state index in [2.05, 4.69) is 35.6 Å². The summed E-state index contributed by atoms with van der Waals surface area (Å²) >= 11 is 0. The number of benzene rings is 1. The summed E-state index contributed by atoms with van der Waals surface area (Å²) < 4.78 is 26.2. The summed E-state index contributed by atoms with van der Waals surface area (Å²) in [6, 6.07) is 11.3. The molecule has 5 heteroatoms. The molecular weight excluding hydrogens is 308 g/mol. The zero-order valence-electron chi connectivity index (χ0n) is 13.5. The van der Waals surface area contributed by atoms with Gasteiger partial charge in [-0.05, 0) is 50.1 Å². The van der Waals surface area contributed by atoms with Crippen molar-refractivity contribution in [2.75, 3.05) is 19.6 Å². The molecular formula is C18H26N2O2S. The van der Waals surface area contributed by atoms with Gasteiger partial charge in [0.15, 0.2) is 0 Å². The van der Waals surface area contributed by atoms with Crippen molar-refractivity contribution in [3.8, 4) is 0 Å². The molecule has 2 aliphatic carbocycles. The van der Waals surface area contributed by atoms with E-state index in [-0.39, 0.29) is 5.25 Å². The highest BCUT2D eigenvalue weighted by molar-refractivity contribution is 7.90. The van der Waals surface area contributed by atoms with Gasteiger partial charge in [0.1, 0.15) is 0 Å². The molecule has 0 amide bonds. The van der Waals surface area contributed by atoms with Gasteiger partial charge in [-0.2, -0.15) is 0 Å². The molecule has 1 aromatic rings. The van der Waals surface area contributed by atoms with Gasteiger partial charge in [0, 0.05) is 25.0 Å². The summed E-state index contributed by atoms with van der Waals surface area (Å²) in [4.78, 5) is 0. The van der Waals surface area contributed by atoms with Crippen LogP contribution in [-0.2, 0) is 10.0 Å². The van der Waals surface area contributed by atoms with E-state index in [1.807, 2.05) is 0 Å². The number of piperidine rings is 1. The van der Waals surface area contributed by atoms with Crippen molar-refractivity contribution >= 4 is 10.0 Å². The topological polar surface area (TPSA) is 49.4 Å². The SMILES string of the molecule is O=S(=O)(C1CC1)N1CCC(CNC2CC2c2ccccc2)CC1. The van der Waals surface area contributed by atoms with Gasteiger partial charge in [0.05, 0.1) is 5.25 Å². The lowest BCUT2D eigenvalue weighted by Gasteiger charge is -2.31. The molecule has 2 unspecified atom stereocenters. The third-order valence-corrected chi connectivity index (χ3v) is 7.96. The van der Waals surface area contributed by atoms with Crippen LogP contribution in [-0.4, -0.2) is 43.6 Å². The molecule has 3 fully saturated rings. The number of nitrogens with zero attached hydrogens (tertiary/aromatic N) is 1. The molecule has 1 heterocycles. The maximum atomic E-state index is 12.2. The van der Waals surface area contributed by atoms with Crippen LogP contribution in [0.15, 0.2) is 30.3 Å². The van der Waals surface area contributed by atoms with Crippen molar-refractivity contribution in [2.24, 2.45) is 5.92 Å². The smallest absolute Gasteiger partial charge is 0.216 e. The molecule has 2 atom stereocenters. The van der Waals surface area contributed by atoms with Gasteiger partial charge >= 0.3 is 0 Å². The Morgan fingerprint density at radius 1 is 1.04 bits per heavy atom. The van der Waals surface area contributed by atoms with Gasteiger partial charge in [-0.1, -0.05) is 30.3 Å². The van der Waals surface area contributed by atoms with Crippen molar-refractivity contribution < 1.29 is 8.42 Å². The van der Waals surface area contributed by atoms with Gasteiger partial charge in [0.2, 0.25) is 10.0 Å². The van der Waals surface area contributed by atoms with Crippen LogP contribution >= 0.6 is 0 Å². The third-order valence-electron chi connectivity index (χ3n) is 5.57. The summed E-state index contributed by atoms with van der Waals surface area (Å²) in [5.74, 6) is 1.30. The molecule has 0 bridgehead atoms. The Kier molecular flexibility index (Phi) is 4.20. The molecule has 0 aromatic heterocycles. The number of hydrogen-bond acceptors (Lipinski definition) is 3. The molecule has 0 radical (unpaired) electrons. The van der Waals surface area contributed by atoms with Crippen LogP contribution in [0.25, 0.3) is 0 Å². The third kappa shape index (κ3) is 3.47. The Labute approximate surface area is 139 Å². The van der Waals surface area contributed by atoms with Gasteiger partial charge in [-0.3, -0.25) is 0 Å². The van der Waals surface area contributed by atoms with E-state index < -0.39 is 10.0 Å². The average Bonchev–Trinajstić information content (AvgIpc) is 3.48. The molecule has 23 heavy (non-hydrogen) atoms. The molecule has 2 saturated carbocycles. The van der Waals surface area contributed by atoms with Crippen molar-refractivity contribution in [3.63, 3.8) is 0 Å². The highest BCUT2D eigenvalue weighted by Gasteiger charge is 2.42. The predicted molar refractivity (Wildman–Crippen MR) is 91.8 cm³/mol. The van der Waals surface area contributed by atoms with Crippen LogP contribution in [0.4, 0.5) is 0 Å². The van der Waals surface area contributed by atoms with Crippen molar-refractivity contribution in [3.05, 3.63) is 35.9 Å². The zero-order valence-corrected chi connectivity index (χ0v) is 14.3. The second-order valence-corrected chi connectivity index (χ2v) is 9.57. The average molecular weight is 334 g/mol. The fourth-order valence-electron chi connectivity index (χ4n) is 3.75. The molecule has 1 aliphatic heterocycles. The van der Waals surface area contributed by atoms with Crippen molar-refractivity contribution in [1.29, 1.82) is 0 Å². The molecule has 1 aromatic carbocycles. The fourth-order valence-corrected chi connectivity index (χ4v) is 5.63. The van der Waals surface area contributed by atoms with Crippen LogP contribution in [0.2, 0.25) is 0 Å². The Hall–Kier alpha value is -0.910. The summed E-state index contributed by atoms with van der Waals surface area (Å²) in [5.41, 5.74) is 1.44. The second-order valence-electron chi connectivity index (χ2n) is 7.35. The first-order chi connectivity index (χ1) is 11.1. The number of rotatable bonds is 6. The quantitative estimate of drug-likeness (QED) is 0.869. The van der Waals surface area contributed by atoms with E-state index in [1.54, 1.807) is 4.31 Å². The van der Waals surface area contributed by atoms with Crippen LogP contribution in [0.3, 0.4) is 0 Å². The van der Waals surface area contributed by atoms with E-state index in [0.717, 1.165) is 45.3 Å². The highest BCUT2D eigenvalue weighted by atomic mass is 32.2. The Balaban J connectivity index is 1.21. The van der Waals surface area contributed by atoms with Gasteiger partial charge < -0.3 is 5.32 Å². The Bertz CT molecular complexity index is 634. The zero-order chi connectivity index (χ0) is 15.9. The molecule has 0 spiro atoms. The lowest BCUT2D eigenvalue weighted by molar-refractivity contribution is 0.266. The first kappa shape index (κ1) is 15.6. The van der Waals surface area contributed by atoms with E-state index in [1.165, 1.54) is 12.0 Å². The standard InChI is InChI=1S/C18H26N2O2S/c21-23(22,16-6-7-16)20-10-8-14(9-11-20)13-19-18-12-17(18)15-4-2-1-3-5-15/h1-5,14,16-19H,6-13H2. The highest BCUT2D eigenvalue weighted by Crippen LogP contribution is 2.41. The number of nitrogens with one attached hydrogen (secondary N) is 1. The molecule has 3 aliphatic rings. The maximum absolute atomic E-state index is 12.2. The van der Waals surface area contributed by atoms with E-state index in [9.17, 15) is 8.42 Å². The Morgan fingerprint density at radius 3 is 2.39 bits per heavy atom. The minimum absolute atomic E-state index is 0.0599. The molecule has 1 saturated heterocycles. The van der Waals surface area contributed by atoms with Crippen molar-refractivity contribution in [2.45, 2.75) is 49.3 Å². The second kappa shape index (κ2) is 6.19. The Morgan fingerprint density at radius 2 is 1.74 bits per heavy atom. The largest absolute Gasteiger partial charge is 0.313 e. The van der Waals surface area contributed by atoms with Crippen molar-refractivity contribution in [1.82, 2.24) is 9.62 Å². The number of sulfonamides is 1. The molecule has 1 N–H and O–H groups in total. The monoisotopic (exact) mass is 334 g/mol. The predicted octanol–water partition coefficient (Wildman–Crippen LogP) is 2.34. The van der Waals surface area contributed by atoms with Crippen LogP contribution in [0, 0.1) is 5.92 Å². The molecule has 4 rings (SSSR count). The minimum atomic E-state index is -2.96. The van der Waals surface area contributed by atoms with Crippen LogP contribution in [0.1, 0.15) is 43.6 Å². The lowest BCUT2D eigenvalue weighted by atomic mass is 9.98. The summed E-state index contributed by atoms with van der Waals surface area (Å²) in [7, 11) is -2.96. The first-order valence-corrected chi connectivity index (χ1v) is 10.4. The van der Waals surface area contributed by atoms with E-state index >= 15 is 0 Å². The van der Waals surface area contributed by atoms with Gasteiger partial charge in [-0.25, -0.2) is 12.7 Å². The minimum Gasteiger partial charge on any atom is -0.313 e. The fraction of sp³-hybridized carbons (Fsp3) is 0.667. The summed E-state index contributed by atoms with van der Waals surface area (Å²) in [6.07, 6.45) is 4.97. The van der Waals surface area contributed by atoms with E-state index in [4.69, 9.17) is 0 Å². The van der Waals surface area contributed by atoms with Crippen LogP contribution < -0.4 is 5.32 Å². The van der Waals surface area contributed by atoms with Gasteiger partial charge in [0.25, 0.3) is 0 Å². The summed E-state index contributed by atoms with van der Waals surface area (Å²) in [6.45, 7) is 2.47.